The lowest BCUT2D eigenvalue weighted by molar-refractivity contribution is 0.627. The topological polar surface area (TPSA) is 3.24 Å². The van der Waals surface area contributed by atoms with Crippen LogP contribution in [-0.2, 0) is 10.8 Å². The summed E-state index contributed by atoms with van der Waals surface area (Å²) < 4.78 is 0. The number of hydrogen-bond acceptors (Lipinski definition) is 1. The molecule has 0 bridgehead atoms. The fraction of sp³-hybridized carbons (Fsp3) is 0.0769. The molecule has 0 saturated carbocycles. The van der Waals surface area contributed by atoms with Crippen LogP contribution in [0.1, 0.15) is 47.2 Å². The maximum atomic E-state index is 2.56. The SMILES string of the molecule is CC1(C)c2ccccc2N(c2ccccc2)c2ccc(C3(c4ccccc4)c4ccccc4[Si](c4ccccc4)(c4ccccc4)c4ccccc43)cc21. The van der Waals surface area contributed by atoms with E-state index in [0.717, 1.165) is 0 Å². The van der Waals surface area contributed by atoms with Crippen molar-refractivity contribution in [2.45, 2.75) is 24.7 Å². The van der Waals surface area contributed by atoms with Crippen LogP contribution < -0.4 is 25.6 Å². The van der Waals surface area contributed by atoms with Gasteiger partial charge >= 0.3 is 0 Å². The van der Waals surface area contributed by atoms with Gasteiger partial charge in [0, 0.05) is 11.1 Å². The van der Waals surface area contributed by atoms with Gasteiger partial charge in [-0.2, -0.15) is 0 Å². The molecule has 0 aromatic heterocycles. The van der Waals surface area contributed by atoms with Gasteiger partial charge in [0.2, 0.25) is 0 Å². The standard InChI is InChI=1S/C52H41NSi/c1-51(2)43-29-15-18-32-47(43)53(40-23-9-4-10-24-40)48-36-35-39(37-46(48)51)52(38-21-7-3-8-22-38)44-30-16-19-33-49(44)54(41-25-11-5-12-26-41,42-27-13-6-14-28-42)50-34-20-17-31-45(50)52/h3-37H,1-2H3. The summed E-state index contributed by atoms with van der Waals surface area (Å²) >= 11 is 0. The van der Waals surface area contributed by atoms with Crippen molar-refractivity contribution < 1.29 is 0 Å². The van der Waals surface area contributed by atoms with Gasteiger partial charge in [-0.25, -0.2) is 0 Å². The van der Waals surface area contributed by atoms with Crippen LogP contribution in [0.5, 0.6) is 0 Å². The first-order valence-corrected chi connectivity index (χ1v) is 21.0. The van der Waals surface area contributed by atoms with E-state index in [2.05, 4.69) is 231 Å². The molecule has 54 heavy (non-hydrogen) atoms. The maximum Gasteiger partial charge on any atom is 0.180 e. The molecule has 2 heterocycles. The molecule has 0 saturated heterocycles. The largest absolute Gasteiger partial charge is 0.310 e. The zero-order valence-electron chi connectivity index (χ0n) is 30.7. The van der Waals surface area contributed by atoms with Crippen molar-refractivity contribution in [3.05, 3.63) is 246 Å². The molecule has 10 rings (SSSR count). The maximum absolute atomic E-state index is 2.80. The number of nitrogens with zero attached hydrogens (tertiary/aromatic N) is 1. The fourth-order valence-electron chi connectivity index (χ4n) is 10.00. The molecule has 0 N–H and O–H groups in total. The third-order valence-electron chi connectivity index (χ3n) is 12.3. The van der Waals surface area contributed by atoms with Crippen LogP contribution in [0.3, 0.4) is 0 Å². The Bertz CT molecular complexity index is 2540. The van der Waals surface area contributed by atoms with E-state index in [4.69, 9.17) is 0 Å². The minimum Gasteiger partial charge on any atom is -0.310 e. The van der Waals surface area contributed by atoms with Gasteiger partial charge in [0.25, 0.3) is 0 Å². The molecule has 8 aromatic carbocycles. The van der Waals surface area contributed by atoms with E-state index in [-0.39, 0.29) is 5.41 Å². The predicted molar refractivity (Wildman–Crippen MR) is 229 cm³/mol. The third kappa shape index (κ3) is 4.44. The highest BCUT2D eigenvalue weighted by atomic mass is 28.3. The summed E-state index contributed by atoms with van der Waals surface area (Å²) in [5, 5.41) is 5.69. The van der Waals surface area contributed by atoms with Gasteiger partial charge in [-0.05, 0) is 78.4 Å². The van der Waals surface area contributed by atoms with Gasteiger partial charge in [0.05, 0.1) is 16.8 Å². The molecule has 0 amide bonds. The predicted octanol–water partition coefficient (Wildman–Crippen LogP) is 9.87. The van der Waals surface area contributed by atoms with Crippen molar-refractivity contribution in [1.82, 2.24) is 0 Å². The minimum absolute atomic E-state index is 0.245. The van der Waals surface area contributed by atoms with E-state index >= 15 is 0 Å². The van der Waals surface area contributed by atoms with Crippen LogP contribution in [0.4, 0.5) is 17.1 Å². The molecule has 0 unspecified atom stereocenters. The highest BCUT2D eigenvalue weighted by Gasteiger charge is 2.55. The van der Waals surface area contributed by atoms with Gasteiger partial charge < -0.3 is 4.90 Å². The molecule has 1 nitrogen and oxygen atoms in total. The van der Waals surface area contributed by atoms with Crippen molar-refractivity contribution >= 4 is 45.9 Å². The van der Waals surface area contributed by atoms with E-state index in [1.165, 1.54) is 71.2 Å². The Hall–Kier alpha value is -6.22. The summed E-state index contributed by atoms with van der Waals surface area (Å²) in [4.78, 5) is 2.46. The molecule has 2 aliphatic heterocycles. The van der Waals surface area contributed by atoms with Crippen LogP contribution in [0.15, 0.2) is 212 Å². The van der Waals surface area contributed by atoms with Crippen LogP contribution >= 0.6 is 0 Å². The van der Waals surface area contributed by atoms with Gasteiger partial charge in [-0.1, -0.05) is 202 Å². The first kappa shape index (κ1) is 32.4. The van der Waals surface area contributed by atoms with Crippen molar-refractivity contribution in [1.29, 1.82) is 0 Å². The summed E-state index contributed by atoms with van der Waals surface area (Å²) in [6, 6.07) is 79.9. The van der Waals surface area contributed by atoms with Crippen molar-refractivity contribution in [2.75, 3.05) is 4.90 Å². The second kappa shape index (κ2) is 12.4. The first-order chi connectivity index (χ1) is 26.6. The Morgan fingerprint density at radius 2 is 0.815 bits per heavy atom. The lowest BCUT2D eigenvalue weighted by Crippen LogP contribution is -2.79. The van der Waals surface area contributed by atoms with Crippen molar-refractivity contribution in [3.8, 4) is 0 Å². The van der Waals surface area contributed by atoms with Crippen LogP contribution in [0.2, 0.25) is 0 Å². The minimum atomic E-state index is -2.80. The smallest absolute Gasteiger partial charge is 0.180 e. The van der Waals surface area contributed by atoms with Gasteiger partial charge in [0.1, 0.15) is 0 Å². The average Bonchev–Trinajstić information content (AvgIpc) is 3.24. The Morgan fingerprint density at radius 1 is 0.370 bits per heavy atom. The Labute approximate surface area is 319 Å². The van der Waals surface area contributed by atoms with E-state index < -0.39 is 13.5 Å². The second-order valence-corrected chi connectivity index (χ2v) is 19.0. The van der Waals surface area contributed by atoms with Crippen molar-refractivity contribution in [2.24, 2.45) is 0 Å². The number of fused-ring (bicyclic) bond motifs is 4. The number of para-hydroxylation sites is 2. The molecule has 0 spiro atoms. The Kier molecular flexibility index (Phi) is 7.47. The quantitative estimate of drug-likeness (QED) is 0.161. The molecule has 0 fully saturated rings. The van der Waals surface area contributed by atoms with Gasteiger partial charge in [-0.3, -0.25) is 0 Å². The Balaban J connectivity index is 1.34. The first-order valence-electron chi connectivity index (χ1n) is 19.0. The van der Waals surface area contributed by atoms with Crippen LogP contribution in [-0.4, -0.2) is 8.07 Å². The molecule has 8 aromatic rings. The van der Waals surface area contributed by atoms with E-state index in [0.29, 0.717) is 0 Å². The molecule has 2 aliphatic rings. The van der Waals surface area contributed by atoms with E-state index in [9.17, 15) is 0 Å². The molecule has 258 valence electrons. The third-order valence-corrected chi connectivity index (χ3v) is 17.2. The molecular formula is C52H41NSi. The summed E-state index contributed by atoms with van der Waals surface area (Å²) in [6.45, 7) is 4.80. The van der Waals surface area contributed by atoms with E-state index in [1.807, 2.05) is 0 Å². The monoisotopic (exact) mass is 707 g/mol. The molecule has 0 aliphatic carbocycles. The molecule has 0 radical (unpaired) electrons. The second-order valence-electron chi connectivity index (χ2n) is 15.2. The molecule has 2 heteroatoms. The molecular weight excluding hydrogens is 667 g/mol. The zero-order valence-corrected chi connectivity index (χ0v) is 31.7. The highest BCUT2D eigenvalue weighted by Crippen LogP contribution is 2.54. The summed E-state index contributed by atoms with van der Waals surface area (Å²) in [5.41, 5.74) is 10.8. The van der Waals surface area contributed by atoms with Crippen LogP contribution in [0.25, 0.3) is 0 Å². The number of benzene rings is 8. The lowest BCUT2D eigenvalue weighted by Gasteiger charge is -2.50. The van der Waals surface area contributed by atoms with Gasteiger partial charge in [-0.15, -0.1) is 0 Å². The summed E-state index contributed by atoms with van der Waals surface area (Å²) in [6.07, 6.45) is 0. The fourth-order valence-corrected chi connectivity index (χ4v) is 15.3. The summed E-state index contributed by atoms with van der Waals surface area (Å²) in [5.74, 6) is 0. The van der Waals surface area contributed by atoms with Crippen LogP contribution in [0, 0.1) is 0 Å². The number of anilines is 3. The summed E-state index contributed by atoms with van der Waals surface area (Å²) in [7, 11) is -2.80. The molecule has 0 atom stereocenters. The van der Waals surface area contributed by atoms with Gasteiger partial charge in [0.15, 0.2) is 8.07 Å². The average molecular weight is 708 g/mol. The zero-order chi connectivity index (χ0) is 36.3. The van der Waals surface area contributed by atoms with Crippen molar-refractivity contribution in [3.63, 3.8) is 0 Å². The van der Waals surface area contributed by atoms with E-state index in [1.54, 1.807) is 0 Å². The normalized spacial score (nSPS) is 15.6. The lowest BCUT2D eigenvalue weighted by atomic mass is 9.63. The Morgan fingerprint density at radius 3 is 1.39 bits per heavy atom. The highest BCUT2D eigenvalue weighted by molar-refractivity contribution is 7.20. The number of rotatable bonds is 5. The number of hydrogen-bond donors (Lipinski definition) is 0.